The number of rotatable bonds is 9. The zero-order valence-corrected chi connectivity index (χ0v) is 14.0. The lowest BCUT2D eigenvalue weighted by atomic mass is 10.3. The van der Waals surface area contributed by atoms with Crippen molar-refractivity contribution in [2.24, 2.45) is 11.5 Å². The van der Waals surface area contributed by atoms with Gasteiger partial charge in [-0.25, -0.2) is 0 Å². The number of primary amides is 1. The van der Waals surface area contributed by atoms with Crippen molar-refractivity contribution in [3.8, 4) is 0 Å². The van der Waals surface area contributed by atoms with Gasteiger partial charge in [0.25, 0.3) is 0 Å². The maximum Gasteiger partial charge on any atom is 0.324 e. The van der Waals surface area contributed by atoms with E-state index in [9.17, 15) is 18.7 Å². The van der Waals surface area contributed by atoms with Gasteiger partial charge >= 0.3 is 5.97 Å². The molecule has 14 nitrogen and oxygen atoms in total. The fraction of sp³-hybridized carbons (Fsp3) is 0.600. The Kier molecular flexibility index (Phi) is 10.1. The number of nitrogens with zero attached hydrogens (tertiary/aromatic N) is 2. The maximum atomic E-state index is 10.7. The molecule has 25 heavy (non-hydrogen) atoms. The quantitative estimate of drug-likeness (QED) is 0.209. The lowest BCUT2D eigenvalue weighted by molar-refractivity contribution is -0.140. The van der Waals surface area contributed by atoms with Crippen molar-refractivity contribution >= 4 is 22.8 Å². The van der Waals surface area contributed by atoms with Gasteiger partial charge in [-0.3, -0.25) is 18.7 Å². The fourth-order valence-electron chi connectivity index (χ4n) is 1.14. The van der Waals surface area contributed by atoms with Crippen molar-refractivity contribution < 1.29 is 38.5 Å². The Morgan fingerprint density at radius 1 is 1.32 bits per heavy atom. The summed E-state index contributed by atoms with van der Waals surface area (Å²) < 4.78 is 28.0. The zero-order chi connectivity index (χ0) is 19.6. The van der Waals surface area contributed by atoms with Gasteiger partial charge in [-0.05, 0) is 0 Å². The Labute approximate surface area is 143 Å². The molecule has 11 N–H and O–H groups in total. The summed E-state index contributed by atoms with van der Waals surface area (Å²) in [5, 5.41) is 29.7. The van der Waals surface area contributed by atoms with Crippen LogP contribution in [-0.4, -0.2) is 65.7 Å². The highest BCUT2D eigenvalue weighted by atomic mass is 32.3. The van der Waals surface area contributed by atoms with E-state index < -0.39 is 35.6 Å². The molecule has 0 aliphatic carbocycles. The number of hydrogen-bond acceptors (Lipinski definition) is 12. The lowest BCUT2D eigenvalue weighted by Crippen LogP contribution is -2.45. The van der Waals surface area contributed by atoms with Gasteiger partial charge in [0.1, 0.15) is 6.04 Å². The first-order valence-electron chi connectivity index (χ1n) is 6.61. The van der Waals surface area contributed by atoms with E-state index in [0.717, 1.165) is 0 Å². The van der Waals surface area contributed by atoms with Gasteiger partial charge in [0.2, 0.25) is 11.8 Å². The Morgan fingerprint density at radius 2 is 1.88 bits per heavy atom. The van der Waals surface area contributed by atoms with Crippen LogP contribution in [0.25, 0.3) is 0 Å². The number of carbonyl (C=O) groups is 2. The van der Waals surface area contributed by atoms with Crippen molar-refractivity contribution in [3.05, 3.63) is 11.7 Å². The van der Waals surface area contributed by atoms with Gasteiger partial charge in [-0.2, -0.15) is 14.4 Å². The van der Waals surface area contributed by atoms with Crippen LogP contribution in [0.15, 0.2) is 4.52 Å². The topological polar surface area (TPSA) is 250 Å². The van der Waals surface area contributed by atoms with Crippen molar-refractivity contribution in [1.82, 2.24) is 19.6 Å². The summed E-state index contributed by atoms with van der Waals surface area (Å²) >= 11 is 0. The molecule has 1 heterocycles. The van der Waals surface area contributed by atoms with Gasteiger partial charge in [0.05, 0.1) is 25.8 Å². The minimum absolute atomic E-state index is 0.0394. The molecule has 1 amide bonds. The molecule has 0 spiro atoms. The van der Waals surface area contributed by atoms with Crippen LogP contribution in [0.4, 0.5) is 0 Å². The molecule has 0 bridgehead atoms. The predicted molar refractivity (Wildman–Crippen MR) is 84.5 cm³/mol. The van der Waals surface area contributed by atoms with Crippen LogP contribution in [-0.2, 0) is 16.1 Å². The molecule has 0 aromatic carbocycles. The first-order chi connectivity index (χ1) is 11.5. The number of aliphatic carboxylic acids is 1. The normalized spacial score (nSPS) is 14.2. The Hall–Kier alpha value is -1.85. The number of carboxylic acid groups (broad SMARTS) is 1. The average Bonchev–Trinajstić information content (AvgIpc) is 2.98. The zero-order valence-electron chi connectivity index (χ0n) is 13.2. The van der Waals surface area contributed by atoms with E-state index >= 15 is 0 Å². The van der Waals surface area contributed by atoms with E-state index in [2.05, 4.69) is 20.6 Å². The van der Waals surface area contributed by atoms with Gasteiger partial charge in [0.15, 0.2) is 5.82 Å². The smallest absolute Gasteiger partial charge is 0.324 e. The van der Waals surface area contributed by atoms with E-state index in [-0.39, 0.29) is 30.8 Å². The predicted octanol–water partition coefficient (Wildman–Crippen LogP) is -2.74. The van der Waals surface area contributed by atoms with Crippen LogP contribution in [0.3, 0.4) is 0 Å². The van der Waals surface area contributed by atoms with Gasteiger partial charge < -0.3 is 31.3 Å². The summed E-state index contributed by atoms with van der Waals surface area (Å²) in [5.74, 6) is -1.79. The Morgan fingerprint density at radius 3 is 2.32 bits per heavy atom. The molecule has 15 heteroatoms. The second-order valence-corrected chi connectivity index (χ2v) is 6.13. The third-order valence-electron chi connectivity index (χ3n) is 2.22. The number of aromatic nitrogens is 2. The number of carbonyl (C=O) groups excluding carboxylic acids is 1. The van der Waals surface area contributed by atoms with E-state index in [1.165, 1.54) is 6.92 Å². The number of nitrogens with one attached hydrogen (secondary N) is 2. The monoisotopic (exact) mass is 386 g/mol. The van der Waals surface area contributed by atoms with Crippen LogP contribution >= 0.6 is 11.0 Å². The van der Waals surface area contributed by atoms with Crippen molar-refractivity contribution in [2.45, 2.75) is 25.6 Å². The Balaban J connectivity index is 0.00000129. The van der Waals surface area contributed by atoms with Crippen LogP contribution in [0.1, 0.15) is 24.7 Å². The van der Waals surface area contributed by atoms with Gasteiger partial charge in [-0.15, -0.1) is 0 Å². The maximum absolute atomic E-state index is 10.7. The highest BCUT2D eigenvalue weighted by Gasteiger charge is 2.24. The van der Waals surface area contributed by atoms with E-state index in [0.29, 0.717) is 0 Å². The third kappa shape index (κ3) is 9.89. The van der Waals surface area contributed by atoms with E-state index in [1.807, 2.05) is 4.72 Å². The van der Waals surface area contributed by atoms with Crippen LogP contribution in [0.2, 0.25) is 0 Å². The van der Waals surface area contributed by atoms with Crippen LogP contribution in [0.5, 0.6) is 0 Å². The highest BCUT2D eigenvalue weighted by molar-refractivity contribution is 8.21. The number of aliphatic hydroxyl groups excluding tert-OH is 2. The summed E-state index contributed by atoms with van der Waals surface area (Å²) in [6.07, 6.45) is 0. The van der Waals surface area contributed by atoms with Crippen molar-refractivity contribution in [3.63, 3.8) is 0 Å². The number of aliphatic hydroxyl groups is 2. The number of amides is 1. The summed E-state index contributed by atoms with van der Waals surface area (Å²) in [6, 6.07) is -2.38. The van der Waals surface area contributed by atoms with Crippen LogP contribution < -0.4 is 20.9 Å². The first-order valence-corrected chi connectivity index (χ1v) is 8.15. The summed E-state index contributed by atoms with van der Waals surface area (Å²) in [7, 11) is -3.70. The lowest BCUT2D eigenvalue weighted by Gasteiger charge is -2.34. The standard InChI is InChI=1S/C8H17N5O7S.C2H5NO/c9-4(2-14)7-11-6(20-12-7)1-10-21(18,19)13-5(3-15)8(16)17;1-2(3)4/h4-5,10,13-15,18-19H,1-3,9H2,(H,16,17);1H3,(H2,3,4). The molecule has 1 aromatic heterocycles. The molecule has 2 atom stereocenters. The second-order valence-electron chi connectivity index (χ2n) is 4.51. The fourth-order valence-corrected chi connectivity index (χ4v) is 2.12. The molecular weight excluding hydrogens is 364 g/mol. The molecule has 0 saturated carbocycles. The van der Waals surface area contributed by atoms with E-state index in [1.54, 1.807) is 0 Å². The molecule has 0 fully saturated rings. The average molecular weight is 386 g/mol. The SMILES string of the molecule is CC(N)=O.NC(CO)c1noc(CNS(O)(O)NC(CO)C(=O)O)n1. The molecule has 0 aliphatic heterocycles. The minimum atomic E-state index is -3.70. The summed E-state index contributed by atoms with van der Waals surface area (Å²) in [4.78, 5) is 23.7. The molecule has 1 rings (SSSR count). The molecule has 146 valence electrons. The molecule has 0 radical (unpaired) electrons. The Bertz CT molecular complexity index is 551. The van der Waals surface area contributed by atoms with Crippen molar-refractivity contribution in [2.75, 3.05) is 13.2 Å². The first kappa shape index (κ1) is 23.1. The molecule has 2 unspecified atom stereocenters. The molecular formula is C10H22N6O8S. The largest absolute Gasteiger partial charge is 0.480 e. The summed E-state index contributed by atoms with van der Waals surface area (Å²) in [6.45, 7) is -0.207. The van der Waals surface area contributed by atoms with E-state index in [4.69, 9.17) is 25.6 Å². The minimum Gasteiger partial charge on any atom is -0.480 e. The summed E-state index contributed by atoms with van der Waals surface area (Å²) in [5.41, 5.74) is 9.92. The third-order valence-corrected chi connectivity index (χ3v) is 3.38. The number of nitrogens with two attached hydrogens (primary N) is 2. The van der Waals surface area contributed by atoms with Gasteiger partial charge in [-0.1, -0.05) is 16.1 Å². The molecule has 0 aliphatic rings. The molecule has 0 saturated heterocycles. The number of hydrogen-bond donors (Lipinski definition) is 9. The highest BCUT2D eigenvalue weighted by Crippen LogP contribution is 2.29. The molecule has 1 aromatic rings. The van der Waals surface area contributed by atoms with Crippen LogP contribution in [0, 0.1) is 0 Å². The van der Waals surface area contributed by atoms with Crippen molar-refractivity contribution in [1.29, 1.82) is 0 Å². The number of carboxylic acids is 1. The van der Waals surface area contributed by atoms with Gasteiger partial charge in [0, 0.05) is 6.92 Å². The second kappa shape index (κ2) is 10.9.